The Bertz CT molecular complexity index is 598. The summed E-state index contributed by atoms with van der Waals surface area (Å²) in [5.41, 5.74) is 1.64. The zero-order valence-corrected chi connectivity index (χ0v) is 11.7. The number of nitro groups is 1. The predicted octanol–water partition coefficient (Wildman–Crippen LogP) is 4.13. The molecule has 0 aromatic heterocycles. The van der Waals surface area contributed by atoms with Gasteiger partial charge in [-0.2, -0.15) is 0 Å². The van der Waals surface area contributed by atoms with Crippen molar-refractivity contribution in [3.8, 4) is 5.75 Å². The SMILES string of the molecule is COc1ccc(C(Cl)Cc2ccccc2[N+](=O)[O-])cc1. The van der Waals surface area contributed by atoms with Crippen LogP contribution in [0, 0.1) is 10.1 Å². The van der Waals surface area contributed by atoms with Gasteiger partial charge in [-0.15, -0.1) is 11.6 Å². The zero-order chi connectivity index (χ0) is 14.5. The summed E-state index contributed by atoms with van der Waals surface area (Å²) in [5, 5.41) is 10.7. The van der Waals surface area contributed by atoms with Gasteiger partial charge in [-0.05, 0) is 24.1 Å². The summed E-state index contributed by atoms with van der Waals surface area (Å²) in [7, 11) is 1.60. The largest absolute Gasteiger partial charge is 0.497 e. The van der Waals surface area contributed by atoms with Crippen molar-refractivity contribution >= 4 is 17.3 Å². The topological polar surface area (TPSA) is 52.4 Å². The minimum atomic E-state index is -0.382. The Labute approximate surface area is 122 Å². The van der Waals surface area contributed by atoms with E-state index in [2.05, 4.69) is 0 Å². The highest BCUT2D eigenvalue weighted by Gasteiger charge is 2.17. The summed E-state index contributed by atoms with van der Waals surface area (Å²) in [4.78, 5) is 10.6. The van der Waals surface area contributed by atoms with E-state index in [1.165, 1.54) is 6.07 Å². The van der Waals surface area contributed by atoms with Crippen molar-refractivity contribution < 1.29 is 9.66 Å². The summed E-state index contributed by atoms with van der Waals surface area (Å²) < 4.78 is 5.09. The number of alkyl halides is 1. The number of hydrogen-bond acceptors (Lipinski definition) is 3. The van der Waals surface area contributed by atoms with Crippen LogP contribution in [0.4, 0.5) is 5.69 Å². The van der Waals surface area contributed by atoms with Gasteiger partial charge in [0.1, 0.15) is 5.75 Å². The molecule has 4 nitrogen and oxygen atoms in total. The Balaban J connectivity index is 2.18. The fourth-order valence-corrected chi connectivity index (χ4v) is 2.30. The van der Waals surface area contributed by atoms with Crippen LogP contribution in [-0.2, 0) is 6.42 Å². The Hall–Kier alpha value is -2.07. The maximum absolute atomic E-state index is 11.0. The van der Waals surface area contributed by atoms with E-state index < -0.39 is 0 Å². The van der Waals surface area contributed by atoms with Gasteiger partial charge in [-0.3, -0.25) is 10.1 Å². The number of nitro benzene ring substituents is 1. The number of halogens is 1. The number of hydrogen-bond donors (Lipinski definition) is 0. The quantitative estimate of drug-likeness (QED) is 0.473. The van der Waals surface area contributed by atoms with Crippen molar-refractivity contribution in [3.05, 3.63) is 69.8 Å². The molecule has 0 spiro atoms. The molecule has 0 N–H and O–H groups in total. The van der Waals surface area contributed by atoms with Gasteiger partial charge >= 0.3 is 0 Å². The predicted molar refractivity (Wildman–Crippen MR) is 78.4 cm³/mol. The number of methoxy groups -OCH3 is 1. The first-order valence-corrected chi connectivity index (χ1v) is 6.55. The van der Waals surface area contributed by atoms with Crippen LogP contribution in [0.15, 0.2) is 48.5 Å². The Morgan fingerprint density at radius 3 is 2.45 bits per heavy atom. The molecule has 0 aliphatic carbocycles. The molecule has 5 heteroatoms. The Morgan fingerprint density at radius 1 is 1.20 bits per heavy atom. The van der Waals surface area contributed by atoms with Gasteiger partial charge in [-0.1, -0.05) is 30.3 Å². The maximum atomic E-state index is 11.0. The van der Waals surface area contributed by atoms with Crippen LogP contribution in [0.2, 0.25) is 0 Å². The van der Waals surface area contributed by atoms with E-state index in [0.29, 0.717) is 12.0 Å². The molecule has 2 rings (SSSR count). The molecule has 0 fully saturated rings. The minimum Gasteiger partial charge on any atom is -0.497 e. The van der Waals surface area contributed by atoms with E-state index in [-0.39, 0.29) is 16.0 Å². The van der Waals surface area contributed by atoms with Crippen molar-refractivity contribution in [2.75, 3.05) is 7.11 Å². The molecule has 0 aliphatic rings. The highest BCUT2D eigenvalue weighted by Crippen LogP contribution is 2.30. The molecular weight excluding hydrogens is 278 g/mol. The van der Waals surface area contributed by atoms with Gasteiger partial charge in [0, 0.05) is 11.6 Å². The van der Waals surface area contributed by atoms with Gasteiger partial charge in [0.25, 0.3) is 5.69 Å². The van der Waals surface area contributed by atoms with Crippen LogP contribution in [0.5, 0.6) is 5.75 Å². The number of benzene rings is 2. The molecule has 0 heterocycles. The smallest absolute Gasteiger partial charge is 0.272 e. The average Bonchev–Trinajstić information content (AvgIpc) is 2.47. The molecule has 0 bridgehead atoms. The molecule has 1 atom stereocenters. The number of rotatable bonds is 5. The van der Waals surface area contributed by atoms with E-state index in [9.17, 15) is 10.1 Å². The second-order valence-electron chi connectivity index (χ2n) is 4.33. The van der Waals surface area contributed by atoms with E-state index in [1.54, 1.807) is 25.3 Å². The third kappa shape index (κ3) is 3.27. The molecule has 2 aromatic carbocycles. The maximum Gasteiger partial charge on any atom is 0.272 e. The number of ether oxygens (including phenoxy) is 1. The van der Waals surface area contributed by atoms with E-state index in [0.717, 1.165) is 11.3 Å². The summed E-state index contributed by atoms with van der Waals surface area (Å²) >= 11 is 6.35. The molecule has 0 saturated heterocycles. The van der Waals surface area contributed by atoms with Crippen molar-refractivity contribution in [3.63, 3.8) is 0 Å². The highest BCUT2D eigenvalue weighted by molar-refractivity contribution is 6.21. The molecule has 0 saturated carbocycles. The fourth-order valence-electron chi connectivity index (χ4n) is 1.99. The molecule has 20 heavy (non-hydrogen) atoms. The summed E-state index contributed by atoms with van der Waals surface area (Å²) in [6, 6.07) is 14.0. The van der Waals surface area contributed by atoms with Crippen molar-refractivity contribution in [2.24, 2.45) is 0 Å². The molecule has 0 amide bonds. The van der Waals surface area contributed by atoms with Crippen LogP contribution in [0.25, 0.3) is 0 Å². The monoisotopic (exact) mass is 291 g/mol. The lowest BCUT2D eigenvalue weighted by Crippen LogP contribution is -2.00. The van der Waals surface area contributed by atoms with Gasteiger partial charge in [0.15, 0.2) is 0 Å². The molecule has 104 valence electrons. The average molecular weight is 292 g/mol. The van der Waals surface area contributed by atoms with E-state index >= 15 is 0 Å². The molecule has 0 aliphatic heterocycles. The Kier molecular flexibility index (Phi) is 4.58. The molecule has 0 radical (unpaired) electrons. The summed E-state index contributed by atoms with van der Waals surface area (Å²) in [6.07, 6.45) is 0.408. The fraction of sp³-hybridized carbons (Fsp3) is 0.200. The number of para-hydroxylation sites is 1. The van der Waals surface area contributed by atoms with Gasteiger partial charge in [0.05, 0.1) is 17.4 Å². The lowest BCUT2D eigenvalue weighted by Gasteiger charge is -2.11. The van der Waals surface area contributed by atoms with Gasteiger partial charge in [-0.25, -0.2) is 0 Å². The first-order chi connectivity index (χ1) is 9.61. The third-order valence-electron chi connectivity index (χ3n) is 3.06. The second-order valence-corrected chi connectivity index (χ2v) is 4.86. The van der Waals surface area contributed by atoms with Crippen LogP contribution in [0.3, 0.4) is 0 Å². The van der Waals surface area contributed by atoms with Crippen molar-refractivity contribution in [1.29, 1.82) is 0 Å². The normalized spacial score (nSPS) is 11.9. The summed E-state index contributed by atoms with van der Waals surface area (Å²) in [5.74, 6) is 0.753. The second kappa shape index (κ2) is 6.39. The number of nitrogens with zero attached hydrogens (tertiary/aromatic N) is 1. The summed E-state index contributed by atoms with van der Waals surface area (Å²) in [6.45, 7) is 0. The molecule has 1 unspecified atom stereocenters. The zero-order valence-electron chi connectivity index (χ0n) is 11.0. The Morgan fingerprint density at radius 2 is 1.85 bits per heavy atom. The van der Waals surface area contributed by atoms with E-state index in [1.807, 2.05) is 24.3 Å². The first-order valence-electron chi connectivity index (χ1n) is 6.12. The van der Waals surface area contributed by atoms with Crippen LogP contribution >= 0.6 is 11.6 Å². The van der Waals surface area contributed by atoms with Crippen LogP contribution in [0.1, 0.15) is 16.5 Å². The lowest BCUT2D eigenvalue weighted by molar-refractivity contribution is -0.385. The molecule has 2 aromatic rings. The molecular formula is C15H14ClNO3. The first kappa shape index (κ1) is 14.3. The van der Waals surface area contributed by atoms with E-state index in [4.69, 9.17) is 16.3 Å². The highest BCUT2D eigenvalue weighted by atomic mass is 35.5. The minimum absolute atomic E-state index is 0.103. The van der Waals surface area contributed by atoms with Crippen molar-refractivity contribution in [1.82, 2.24) is 0 Å². The van der Waals surface area contributed by atoms with Crippen molar-refractivity contribution in [2.45, 2.75) is 11.8 Å². The standard InChI is InChI=1S/C15H14ClNO3/c1-20-13-8-6-11(7-9-13)14(16)10-12-4-2-3-5-15(12)17(18)19/h2-9,14H,10H2,1H3. The van der Waals surface area contributed by atoms with Gasteiger partial charge < -0.3 is 4.74 Å². The van der Waals surface area contributed by atoms with Crippen LogP contribution < -0.4 is 4.74 Å². The third-order valence-corrected chi connectivity index (χ3v) is 3.47. The van der Waals surface area contributed by atoms with Gasteiger partial charge in [0.2, 0.25) is 0 Å². The lowest BCUT2D eigenvalue weighted by atomic mass is 10.0. The van der Waals surface area contributed by atoms with Crippen LogP contribution in [-0.4, -0.2) is 12.0 Å².